The molecule has 0 atom stereocenters. The molecule has 0 aliphatic carbocycles. The molecule has 0 aliphatic rings. The predicted octanol–water partition coefficient (Wildman–Crippen LogP) is 3.78. The highest BCUT2D eigenvalue weighted by Gasteiger charge is 1.56. The van der Waals surface area contributed by atoms with Crippen LogP contribution in [0.3, 0.4) is 0 Å². The first-order chi connectivity index (χ1) is 4.33. The van der Waals surface area contributed by atoms with E-state index in [0.29, 0.717) is 0 Å². The predicted molar refractivity (Wildman–Crippen MR) is 45.7 cm³/mol. The number of allylic oxidation sites excluding steroid dienone is 2. The summed E-state index contributed by atoms with van der Waals surface area (Å²) >= 11 is 0. The van der Waals surface area contributed by atoms with Gasteiger partial charge in [0.25, 0.3) is 0 Å². The molecule has 0 N–H and O–H groups in total. The van der Waals surface area contributed by atoms with E-state index in [1.807, 2.05) is 6.92 Å². The molecular formula is C9H20. The second kappa shape index (κ2) is 15.6. The molecule has 0 aromatic heterocycles. The van der Waals surface area contributed by atoms with Crippen molar-refractivity contribution in [3.8, 4) is 0 Å². The maximum Gasteiger partial charge on any atom is -0.0379 e. The monoisotopic (exact) mass is 128 g/mol. The normalized spacial score (nSPS) is 8.89. The van der Waals surface area contributed by atoms with E-state index in [-0.39, 0.29) is 0 Å². The third-order valence-electron chi connectivity index (χ3n) is 0.971. The Labute approximate surface area is 60.0 Å². The lowest BCUT2D eigenvalue weighted by Gasteiger charge is -1.68. The van der Waals surface area contributed by atoms with E-state index in [1.54, 1.807) is 0 Å². The van der Waals surface area contributed by atoms with Gasteiger partial charge in [-0.05, 0) is 13.3 Å². The van der Waals surface area contributed by atoms with Gasteiger partial charge in [-0.3, -0.25) is 0 Å². The van der Waals surface area contributed by atoms with Gasteiger partial charge in [-0.15, -0.1) is 0 Å². The van der Waals surface area contributed by atoms with Gasteiger partial charge in [-0.1, -0.05) is 45.8 Å². The van der Waals surface area contributed by atoms with Gasteiger partial charge in [0.05, 0.1) is 0 Å². The lowest BCUT2D eigenvalue weighted by atomic mass is 10.4. The first kappa shape index (κ1) is 11.5. The summed E-state index contributed by atoms with van der Waals surface area (Å²) in [5, 5.41) is 0. The molecule has 0 aromatic carbocycles. The number of rotatable bonds is 2. The lowest BCUT2D eigenvalue weighted by Crippen LogP contribution is -1.47. The van der Waals surface area contributed by atoms with Gasteiger partial charge in [0.2, 0.25) is 0 Å². The van der Waals surface area contributed by atoms with E-state index >= 15 is 0 Å². The molecule has 0 heterocycles. The molecule has 0 unspecified atom stereocenters. The van der Waals surface area contributed by atoms with Crippen molar-refractivity contribution < 1.29 is 0 Å². The average Bonchev–Trinajstić information content (AvgIpc) is 1.91. The summed E-state index contributed by atoms with van der Waals surface area (Å²) in [7, 11) is 0. The molecule has 0 radical (unpaired) electrons. The Hall–Kier alpha value is -0.260. The Morgan fingerprint density at radius 2 is 1.44 bits per heavy atom. The Balaban J connectivity index is 0. The number of unbranched alkanes of at least 4 members (excludes halogenated alkanes) is 1. The zero-order valence-corrected chi connectivity index (χ0v) is 7.28. The summed E-state index contributed by atoms with van der Waals surface area (Å²) in [4.78, 5) is 0. The summed E-state index contributed by atoms with van der Waals surface area (Å²) in [5.41, 5.74) is 0. The zero-order valence-electron chi connectivity index (χ0n) is 7.28. The van der Waals surface area contributed by atoms with Crippen molar-refractivity contribution in [1.82, 2.24) is 0 Å². The molecule has 0 aromatic rings. The van der Waals surface area contributed by atoms with Crippen molar-refractivity contribution in [3.05, 3.63) is 12.2 Å². The van der Waals surface area contributed by atoms with Gasteiger partial charge in [0, 0.05) is 0 Å². The van der Waals surface area contributed by atoms with E-state index < -0.39 is 0 Å². The molecule has 0 saturated carbocycles. The molecule has 0 spiro atoms. The minimum Gasteiger partial charge on any atom is -0.0917 e. The molecule has 0 saturated heterocycles. The third-order valence-corrected chi connectivity index (χ3v) is 0.971. The molecular weight excluding hydrogens is 108 g/mol. The number of hydrogen-bond donors (Lipinski definition) is 0. The fourth-order valence-electron chi connectivity index (χ4n) is 0.236. The minimum atomic E-state index is 1.16. The summed E-state index contributed by atoms with van der Waals surface area (Å²) < 4.78 is 0. The van der Waals surface area contributed by atoms with Crippen LogP contribution < -0.4 is 0 Å². The first-order valence-corrected chi connectivity index (χ1v) is 3.94. The van der Waals surface area contributed by atoms with Crippen molar-refractivity contribution in [2.45, 2.75) is 47.0 Å². The lowest BCUT2D eigenvalue weighted by molar-refractivity contribution is 0.886. The van der Waals surface area contributed by atoms with Crippen LogP contribution in [-0.4, -0.2) is 0 Å². The highest BCUT2D eigenvalue weighted by Crippen LogP contribution is 1.76. The van der Waals surface area contributed by atoms with Crippen molar-refractivity contribution in [2.75, 3.05) is 0 Å². The molecule has 0 aliphatic heterocycles. The fourth-order valence-corrected chi connectivity index (χ4v) is 0.236. The average molecular weight is 128 g/mol. The first-order valence-electron chi connectivity index (χ1n) is 3.94. The van der Waals surface area contributed by atoms with E-state index in [9.17, 15) is 0 Å². The Bertz CT molecular complexity index is 42.0. The maximum absolute atomic E-state index is 2.18. The van der Waals surface area contributed by atoms with Crippen LogP contribution in [0.1, 0.15) is 47.0 Å². The molecule has 0 rings (SSSR count). The fraction of sp³-hybridized carbons (Fsp3) is 0.778. The molecule has 0 fully saturated rings. The second-order valence-electron chi connectivity index (χ2n) is 1.98. The Morgan fingerprint density at radius 3 is 1.44 bits per heavy atom. The quantitative estimate of drug-likeness (QED) is 0.496. The Morgan fingerprint density at radius 1 is 1.00 bits per heavy atom. The standard InChI is InChI=1S/C5H10.C4H10/c1-3-5-4-2;1-3-4-2/h3,5H,4H2,1-2H3;3-4H2,1-2H3. The summed E-state index contributed by atoms with van der Waals surface area (Å²) in [6, 6.07) is 0. The molecule has 0 heteroatoms. The number of hydrogen-bond acceptors (Lipinski definition) is 0. The van der Waals surface area contributed by atoms with Crippen LogP contribution >= 0.6 is 0 Å². The van der Waals surface area contributed by atoms with Crippen LogP contribution in [0.5, 0.6) is 0 Å². The summed E-state index contributed by atoms with van der Waals surface area (Å²) in [6.45, 7) is 8.52. The highest BCUT2D eigenvalue weighted by molar-refractivity contribution is 4.73. The topological polar surface area (TPSA) is 0 Å². The molecule has 0 amide bonds. The summed E-state index contributed by atoms with van der Waals surface area (Å²) in [5.74, 6) is 0. The summed E-state index contributed by atoms with van der Waals surface area (Å²) in [6.07, 6.45) is 7.98. The van der Waals surface area contributed by atoms with E-state index in [0.717, 1.165) is 6.42 Å². The van der Waals surface area contributed by atoms with Crippen LogP contribution in [0, 0.1) is 0 Å². The van der Waals surface area contributed by atoms with E-state index in [2.05, 4.69) is 32.9 Å². The van der Waals surface area contributed by atoms with Gasteiger partial charge in [0.15, 0.2) is 0 Å². The Kier molecular flexibility index (Phi) is 20.0. The minimum absolute atomic E-state index is 1.16. The van der Waals surface area contributed by atoms with Gasteiger partial charge in [0.1, 0.15) is 0 Å². The van der Waals surface area contributed by atoms with Crippen LogP contribution in [0.2, 0.25) is 0 Å². The van der Waals surface area contributed by atoms with Gasteiger partial charge < -0.3 is 0 Å². The van der Waals surface area contributed by atoms with Crippen LogP contribution in [0.25, 0.3) is 0 Å². The van der Waals surface area contributed by atoms with E-state index in [4.69, 9.17) is 0 Å². The van der Waals surface area contributed by atoms with Gasteiger partial charge in [-0.2, -0.15) is 0 Å². The van der Waals surface area contributed by atoms with Gasteiger partial charge in [-0.25, -0.2) is 0 Å². The van der Waals surface area contributed by atoms with Gasteiger partial charge >= 0.3 is 0 Å². The van der Waals surface area contributed by atoms with Crippen molar-refractivity contribution in [3.63, 3.8) is 0 Å². The second-order valence-corrected chi connectivity index (χ2v) is 1.98. The molecule has 0 nitrogen and oxygen atoms in total. The van der Waals surface area contributed by atoms with Crippen molar-refractivity contribution >= 4 is 0 Å². The SMILES string of the molecule is CC=CCC.CCCC. The smallest absolute Gasteiger partial charge is 0.0379 e. The maximum atomic E-state index is 2.18. The zero-order chi connectivity index (χ0) is 7.54. The highest BCUT2D eigenvalue weighted by atomic mass is 13.6. The van der Waals surface area contributed by atoms with E-state index in [1.165, 1.54) is 12.8 Å². The third kappa shape index (κ3) is 34.0. The molecule has 56 valence electrons. The van der Waals surface area contributed by atoms with Crippen molar-refractivity contribution in [2.24, 2.45) is 0 Å². The van der Waals surface area contributed by atoms with Crippen LogP contribution in [0.4, 0.5) is 0 Å². The van der Waals surface area contributed by atoms with Crippen molar-refractivity contribution in [1.29, 1.82) is 0 Å². The molecule has 9 heavy (non-hydrogen) atoms. The van der Waals surface area contributed by atoms with Crippen LogP contribution in [-0.2, 0) is 0 Å². The molecule has 0 bridgehead atoms. The largest absolute Gasteiger partial charge is 0.0917 e. The van der Waals surface area contributed by atoms with Crippen LogP contribution in [0.15, 0.2) is 12.2 Å².